The number of methoxy groups -OCH3 is 1. The molecule has 0 N–H and O–H groups in total. The van der Waals surface area contributed by atoms with Crippen LogP contribution in [0.25, 0.3) is 22.4 Å². The number of amides is 1. The van der Waals surface area contributed by atoms with Gasteiger partial charge in [0, 0.05) is 23.1 Å². The Morgan fingerprint density at radius 1 is 0.960 bits per heavy atom. The average Bonchev–Trinajstić information content (AvgIpc) is 2.93. The number of ether oxygens (including phenoxy) is 1. The van der Waals surface area contributed by atoms with Gasteiger partial charge in [-0.25, -0.2) is 0 Å². The molecule has 0 aliphatic carbocycles. The molecule has 0 unspecified atom stereocenters. The maximum absolute atomic E-state index is 12.9. The van der Waals surface area contributed by atoms with E-state index in [1.54, 1.807) is 7.11 Å². The van der Waals surface area contributed by atoms with Gasteiger partial charge in [-0.05, 0) is 36.1 Å². The minimum Gasteiger partial charge on any atom is -0.496 e. The molecule has 0 fully saturated rings. The van der Waals surface area contributed by atoms with Crippen molar-refractivity contribution in [2.24, 2.45) is 0 Å². The number of rotatable bonds is 3. The van der Waals surface area contributed by atoms with Crippen LogP contribution in [-0.2, 0) is 4.79 Å². The van der Waals surface area contributed by atoms with Crippen LogP contribution in [0.3, 0.4) is 0 Å². The molecule has 0 saturated carbocycles. The fraction of sp³-hybridized carbons (Fsp3) is 0.136. The van der Waals surface area contributed by atoms with Gasteiger partial charge in [-0.3, -0.25) is 4.79 Å². The van der Waals surface area contributed by atoms with Crippen molar-refractivity contribution in [1.82, 2.24) is 0 Å². The largest absolute Gasteiger partial charge is 0.496 e. The number of hydrogen-bond acceptors (Lipinski definition) is 2. The van der Waals surface area contributed by atoms with E-state index in [9.17, 15) is 4.79 Å². The third kappa shape index (κ3) is 2.40. The van der Waals surface area contributed by atoms with E-state index < -0.39 is 0 Å². The van der Waals surface area contributed by atoms with E-state index in [0.29, 0.717) is 6.54 Å². The smallest absolute Gasteiger partial charge is 0.258 e. The Kier molecular flexibility index (Phi) is 3.77. The summed E-state index contributed by atoms with van der Waals surface area (Å²) in [5.41, 5.74) is 3.74. The molecule has 1 aliphatic heterocycles. The fourth-order valence-electron chi connectivity index (χ4n) is 3.51. The van der Waals surface area contributed by atoms with E-state index >= 15 is 0 Å². The molecule has 0 saturated heterocycles. The molecule has 0 bridgehead atoms. The fourth-order valence-corrected chi connectivity index (χ4v) is 3.51. The van der Waals surface area contributed by atoms with Crippen molar-refractivity contribution < 1.29 is 9.53 Å². The Labute approximate surface area is 147 Å². The van der Waals surface area contributed by atoms with Gasteiger partial charge in [-0.1, -0.05) is 48.5 Å². The second-order valence-corrected chi connectivity index (χ2v) is 6.03. The predicted molar refractivity (Wildman–Crippen MR) is 103 cm³/mol. The quantitative estimate of drug-likeness (QED) is 0.649. The molecule has 0 atom stereocenters. The zero-order valence-electron chi connectivity index (χ0n) is 14.3. The van der Waals surface area contributed by atoms with Gasteiger partial charge in [-0.15, -0.1) is 0 Å². The summed E-state index contributed by atoms with van der Waals surface area (Å²) < 4.78 is 5.47. The Morgan fingerprint density at radius 3 is 2.44 bits per heavy atom. The highest BCUT2D eigenvalue weighted by molar-refractivity contribution is 6.36. The highest BCUT2D eigenvalue weighted by Crippen LogP contribution is 2.38. The SMILES string of the molecule is CCN1C(=O)/C(=C/c2ccc(OC)c3ccccc23)c2ccccc21. The van der Waals surface area contributed by atoms with Gasteiger partial charge < -0.3 is 9.64 Å². The number of fused-ring (bicyclic) bond motifs is 2. The van der Waals surface area contributed by atoms with Gasteiger partial charge in [0.05, 0.1) is 12.8 Å². The van der Waals surface area contributed by atoms with Crippen molar-refractivity contribution in [3.05, 3.63) is 71.8 Å². The maximum atomic E-state index is 12.9. The summed E-state index contributed by atoms with van der Waals surface area (Å²) in [6.07, 6.45) is 2.00. The Bertz CT molecular complexity index is 1000. The number of para-hydroxylation sites is 1. The van der Waals surface area contributed by atoms with Crippen molar-refractivity contribution in [2.75, 3.05) is 18.6 Å². The summed E-state index contributed by atoms with van der Waals surface area (Å²) in [5.74, 6) is 0.898. The first-order chi connectivity index (χ1) is 12.2. The van der Waals surface area contributed by atoms with Crippen LogP contribution >= 0.6 is 0 Å². The first-order valence-corrected chi connectivity index (χ1v) is 8.43. The van der Waals surface area contributed by atoms with Gasteiger partial charge in [0.2, 0.25) is 0 Å². The number of nitrogens with zero attached hydrogens (tertiary/aromatic N) is 1. The first-order valence-electron chi connectivity index (χ1n) is 8.43. The van der Waals surface area contributed by atoms with Crippen LogP contribution in [0.15, 0.2) is 60.7 Å². The maximum Gasteiger partial charge on any atom is 0.258 e. The molecule has 3 nitrogen and oxygen atoms in total. The minimum absolute atomic E-state index is 0.0589. The van der Waals surface area contributed by atoms with Crippen LogP contribution in [0, 0.1) is 0 Å². The van der Waals surface area contributed by atoms with Crippen molar-refractivity contribution >= 4 is 34.0 Å². The molecule has 3 heteroatoms. The molecule has 4 rings (SSSR count). The molecule has 3 aromatic carbocycles. The van der Waals surface area contributed by atoms with E-state index in [2.05, 4.69) is 6.07 Å². The molecule has 1 amide bonds. The van der Waals surface area contributed by atoms with Crippen molar-refractivity contribution in [3.8, 4) is 5.75 Å². The molecular weight excluding hydrogens is 310 g/mol. The van der Waals surface area contributed by atoms with Crippen LogP contribution in [-0.4, -0.2) is 19.6 Å². The van der Waals surface area contributed by atoms with Crippen molar-refractivity contribution in [3.63, 3.8) is 0 Å². The summed E-state index contributed by atoms with van der Waals surface area (Å²) in [6, 6.07) is 20.0. The summed E-state index contributed by atoms with van der Waals surface area (Å²) in [6.45, 7) is 2.66. The van der Waals surface area contributed by atoms with Crippen LogP contribution in [0.1, 0.15) is 18.1 Å². The Morgan fingerprint density at radius 2 is 1.68 bits per heavy atom. The first kappa shape index (κ1) is 15.5. The molecule has 0 aromatic heterocycles. The zero-order chi connectivity index (χ0) is 17.4. The van der Waals surface area contributed by atoms with E-state index in [-0.39, 0.29) is 5.91 Å². The number of carbonyl (C=O) groups excluding carboxylic acids is 1. The van der Waals surface area contributed by atoms with E-state index in [0.717, 1.165) is 38.9 Å². The van der Waals surface area contributed by atoms with Crippen LogP contribution in [0.2, 0.25) is 0 Å². The monoisotopic (exact) mass is 329 g/mol. The van der Waals surface area contributed by atoms with Crippen molar-refractivity contribution in [1.29, 1.82) is 0 Å². The number of likely N-dealkylation sites (N-methyl/N-ethyl adjacent to an activating group) is 1. The van der Waals surface area contributed by atoms with Crippen LogP contribution < -0.4 is 9.64 Å². The minimum atomic E-state index is 0.0589. The molecular formula is C22H19NO2. The van der Waals surface area contributed by atoms with Gasteiger partial charge in [0.25, 0.3) is 5.91 Å². The molecule has 3 aromatic rings. The molecule has 0 spiro atoms. The summed E-state index contributed by atoms with van der Waals surface area (Å²) >= 11 is 0. The average molecular weight is 329 g/mol. The lowest BCUT2D eigenvalue weighted by molar-refractivity contribution is -0.112. The summed E-state index contributed by atoms with van der Waals surface area (Å²) in [7, 11) is 1.68. The Balaban J connectivity index is 1.93. The second-order valence-electron chi connectivity index (χ2n) is 6.03. The lowest BCUT2D eigenvalue weighted by Crippen LogP contribution is -2.25. The van der Waals surface area contributed by atoms with Gasteiger partial charge in [0.15, 0.2) is 0 Å². The number of anilines is 1. The third-order valence-electron chi connectivity index (χ3n) is 4.71. The standard InChI is InChI=1S/C22H19NO2/c1-3-23-20-11-7-6-9-17(20)19(22(23)24)14-15-12-13-21(25-2)18-10-5-4-8-16(15)18/h4-14H,3H2,1-2H3/b19-14+. The molecule has 0 radical (unpaired) electrons. The van der Waals surface area contributed by atoms with Gasteiger partial charge in [-0.2, -0.15) is 0 Å². The third-order valence-corrected chi connectivity index (χ3v) is 4.71. The molecule has 1 heterocycles. The van der Waals surface area contributed by atoms with E-state index in [4.69, 9.17) is 4.74 Å². The highest BCUT2D eigenvalue weighted by atomic mass is 16.5. The lowest BCUT2D eigenvalue weighted by atomic mass is 9.99. The van der Waals surface area contributed by atoms with Gasteiger partial charge >= 0.3 is 0 Å². The topological polar surface area (TPSA) is 29.5 Å². The summed E-state index contributed by atoms with van der Waals surface area (Å²) in [4.78, 5) is 14.7. The number of hydrogen-bond donors (Lipinski definition) is 0. The van der Waals surface area contributed by atoms with Crippen molar-refractivity contribution in [2.45, 2.75) is 6.92 Å². The molecule has 1 aliphatic rings. The number of benzene rings is 3. The Hall–Kier alpha value is -3.07. The summed E-state index contributed by atoms with van der Waals surface area (Å²) in [5, 5.41) is 2.13. The lowest BCUT2D eigenvalue weighted by Gasteiger charge is -2.13. The number of carbonyl (C=O) groups is 1. The van der Waals surface area contributed by atoms with E-state index in [1.807, 2.05) is 72.5 Å². The predicted octanol–water partition coefficient (Wildman–Crippen LogP) is 4.76. The van der Waals surface area contributed by atoms with Crippen LogP contribution in [0.5, 0.6) is 5.75 Å². The van der Waals surface area contributed by atoms with Gasteiger partial charge in [0.1, 0.15) is 5.75 Å². The molecule has 124 valence electrons. The zero-order valence-corrected chi connectivity index (χ0v) is 14.3. The highest BCUT2D eigenvalue weighted by Gasteiger charge is 2.30. The van der Waals surface area contributed by atoms with Crippen LogP contribution in [0.4, 0.5) is 5.69 Å². The van der Waals surface area contributed by atoms with E-state index in [1.165, 1.54) is 0 Å². The normalized spacial score (nSPS) is 15.0. The molecule has 25 heavy (non-hydrogen) atoms. The second kappa shape index (κ2) is 6.10.